The summed E-state index contributed by atoms with van der Waals surface area (Å²) < 4.78 is 11.0. The fourth-order valence-electron chi connectivity index (χ4n) is 3.45. The molecule has 25 heavy (non-hydrogen) atoms. The van der Waals surface area contributed by atoms with Crippen LogP contribution in [0, 0.1) is 0 Å². The van der Waals surface area contributed by atoms with Crippen LogP contribution in [0.4, 0.5) is 0 Å². The van der Waals surface area contributed by atoms with Gasteiger partial charge in [-0.3, -0.25) is 9.59 Å². The Morgan fingerprint density at radius 3 is 2.56 bits per heavy atom. The van der Waals surface area contributed by atoms with Crippen molar-refractivity contribution < 1.29 is 18.7 Å². The number of ether oxygens (including phenoxy) is 1. The van der Waals surface area contributed by atoms with Gasteiger partial charge < -0.3 is 19.0 Å². The van der Waals surface area contributed by atoms with Gasteiger partial charge in [0.1, 0.15) is 11.9 Å². The number of nitrogens with zero attached hydrogens (tertiary/aromatic N) is 4. The lowest BCUT2D eigenvalue weighted by Gasteiger charge is -2.40. The molecule has 0 radical (unpaired) electrons. The average Bonchev–Trinajstić information content (AvgIpc) is 3.32. The third-order valence-electron chi connectivity index (χ3n) is 4.74. The molecule has 0 saturated carbocycles. The molecule has 8 heteroatoms. The monoisotopic (exact) mass is 342 g/mol. The van der Waals surface area contributed by atoms with Crippen molar-refractivity contribution in [3.63, 3.8) is 0 Å². The third kappa shape index (κ3) is 3.00. The van der Waals surface area contributed by atoms with Gasteiger partial charge >= 0.3 is 0 Å². The van der Waals surface area contributed by atoms with E-state index in [2.05, 4.69) is 10.2 Å². The maximum atomic E-state index is 12.6. The van der Waals surface area contributed by atoms with E-state index in [0.717, 1.165) is 0 Å². The molecule has 130 valence electrons. The highest BCUT2D eigenvalue weighted by molar-refractivity contribution is 5.94. The van der Waals surface area contributed by atoms with Gasteiger partial charge in [-0.15, -0.1) is 0 Å². The van der Waals surface area contributed by atoms with E-state index < -0.39 is 5.60 Å². The van der Waals surface area contributed by atoms with Crippen LogP contribution in [0.5, 0.6) is 0 Å². The Hall–Kier alpha value is -2.74. The molecule has 0 bridgehead atoms. The Balaban J connectivity index is 1.46. The van der Waals surface area contributed by atoms with Gasteiger partial charge in [0.05, 0.1) is 49.5 Å². The predicted molar refractivity (Wildman–Crippen MR) is 85.8 cm³/mol. The molecule has 2 aromatic heterocycles. The Kier molecular flexibility index (Phi) is 3.96. The third-order valence-corrected chi connectivity index (χ3v) is 4.74. The largest absolute Gasteiger partial charge is 0.472 e. The molecule has 2 amide bonds. The van der Waals surface area contributed by atoms with Crippen LogP contribution in [0.25, 0.3) is 0 Å². The topological polar surface area (TPSA) is 88.8 Å². The van der Waals surface area contributed by atoms with Gasteiger partial charge in [-0.05, 0) is 18.6 Å². The second-order valence-corrected chi connectivity index (χ2v) is 6.38. The first-order chi connectivity index (χ1) is 12.2. The minimum absolute atomic E-state index is 0.0699. The second kappa shape index (κ2) is 6.29. The smallest absolute Gasteiger partial charge is 0.257 e. The summed E-state index contributed by atoms with van der Waals surface area (Å²) in [5, 5.41) is 7.45. The number of hydrogen-bond donors (Lipinski definition) is 0. The molecule has 1 spiro atoms. The zero-order chi connectivity index (χ0) is 17.3. The summed E-state index contributed by atoms with van der Waals surface area (Å²) in [5.41, 5.74) is 0.536. The lowest BCUT2D eigenvalue weighted by atomic mass is 10.00. The second-order valence-electron chi connectivity index (χ2n) is 6.38. The molecule has 2 aliphatic rings. The number of morpholine rings is 1. The van der Waals surface area contributed by atoms with Crippen LogP contribution in [0.1, 0.15) is 27.1 Å². The summed E-state index contributed by atoms with van der Waals surface area (Å²) >= 11 is 0. The van der Waals surface area contributed by atoms with Gasteiger partial charge in [0, 0.05) is 13.1 Å². The Labute approximate surface area is 144 Å². The SMILES string of the molecule is O=C(c1ccoc1)N1CCO[C@@]2(CCN(C(=O)c3ccnnc3)C2)C1. The van der Waals surface area contributed by atoms with Crippen molar-refractivity contribution in [3.05, 3.63) is 48.2 Å². The van der Waals surface area contributed by atoms with Gasteiger partial charge in [0.2, 0.25) is 0 Å². The highest BCUT2D eigenvalue weighted by Gasteiger charge is 2.45. The normalized spacial score (nSPS) is 23.2. The summed E-state index contributed by atoms with van der Waals surface area (Å²) in [6.07, 6.45) is 6.60. The molecule has 4 heterocycles. The van der Waals surface area contributed by atoms with Crippen molar-refractivity contribution in [2.45, 2.75) is 12.0 Å². The van der Waals surface area contributed by atoms with E-state index in [0.29, 0.717) is 50.3 Å². The van der Waals surface area contributed by atoms with E-state index in [9.17, 15) is 9.59 Å². The molecule has 8 nitrogen and oxygen atoms in total. The zero-order valence-electron chi connectivity index (χ0n) is 13.6. The molecule has 0 N–H and O–H groups in total. The quantitative estimate of drug-likeness (QED) is 0.803. The van der Waals surface area contributed by atoms with Gasteiger partial charge in [-0.1, -0.05) is 0 Å². The van der Waals surface area contributed by atoms with Crippen molar-refractivity contribution in [2.24, 2.45) is 0 Å². The molecule has 2 saturated heterocycles. The first-order valence-electron chi connectivity index (χ1n) is 8.18. The number of hydrogen-bond acceptors (Lipinski definition) is 6. The van der Waals surface area contributed by atoms with Crippen molar-refractivity contribution >= 4 is 11.8 Å². The summed E-state index contributed by atoms with van der Waals surface area (Å²) in [7, 11) is 0. The number of carbonyl (C=O) groups excluding carboxylic acids is 2. The summed E-state index contributed by atoms with van der Waals surface area (Å²) in [5.74, 6) is -0.159. The van der Waals surface area contributed by atoms with Crippen LogP contribution < -0.4 is 0 Å². The van der Waals surface area contributed by atoms with E-state index in [4.69, 9.17) is 9.15 Å². The highest BCUT2D eigenvalue weighted by Crippen LogP contribution is 2.30. The van der Waals surface area contributed by atoms with Crippen molar-refractivity contribution in [3.8, 4) is 0 Å². The van der Waals surface area contributed by atoms with Gasteiger partial charge in [0.15, 0.2) is 0 Å². The number of rotatable bonds is 2. The zero-order valence-corrected chi connectivity index (χ0v) is 13.6. The molecule has 0 aromatic carbocycles. The van der Waals surface area contributed by atoms with Crippen LogP contribution in [-0.4, -0.2) is 70.2 Å². The summed E-state index contributed by atoms with van der Waals surface area (Å²) in [4.78, 5) is 28.7. The van der Waals surface area contributed by atoms with Crippen molar-refractivity contribution in [1.82, 2.24) is 20.0 Å². The minimum Gasteiger partial charge on any atom is -0.472 e. The molecule has 1 atom stereocenters. The number of carbonyl (C=O) groups is 2. The number of likely N-dealkylation sites (tertiary alicyclic amines) is 1. The number of amides is 2. The maximum Gasteiger partial charge on any atom is 0.257 e. The predicted octanol–water partition coefficient (Wildman–Crippen LogP) is 0.827. The molecule has 2 aromatic rings. The average molecular weight is 342 g/mol. The first kappa shape index (κ1) is 15.8. The molecule has 2 aliphatic heterocycles. The van der Waals surface area contributed by atoms with Crippen LogP contribution in [0.2, 0.25) is 0 Å². The Morgan fingerprint density at radius 2 is 1.84 bits per heavy atom. The van der Waals surface area contributed by atoms with E-state index in [1.807, 2.05) is 0 Å². The molecule has 2 fully saturated rings. The molecule has 4 rings (SSSR count). The van der Waals surface area contributed by atoms with E-state index in [1.54, 1.807) is 21.9 Å². The van der Waals surface area contributed by atoms with Gasteiger partial charge in [0.25, 0.3) is 11.8 Å². The van der Waals surface area contributed by atoms with Gasteiger partial charge in [-0.2, -0.15) is 10.2 Å². The summed E-state index contributed by atoms with van der Waals surface area (Å²) in [6, 6.07) is 3.31. The number of furan rings is 1. The molecule has 0 aliphatic carbocycles. The standard InChI is InChI=1S/C17H18N4O4/c22-15(13-1-4-18-19-9-13)20-5-3-17(11-20)12-21(6-8-25-17)16(23)14-2-7-24-10-14/h1-2,4,7,9-10H,3,5-6,8,11-12H2/t17-/m1/s1. The van der Waals surface area contributed by atoms with E-state index in [-0.39, 0.29) is 11.8 Å². The van der Waals surface area contributed by atoms with Crippen molar-refractivity contribution in [1.29, 1.82) is 0 Å². The van der Waals surface area contributed by atoms with E-state index in [1.165, 1.54) is 24.9 Å². The lowest BCUT2D eigenvalue weighted by molar-refractivity contribution is -0.0904. The minimum atomic E-state index is -0.506. The first-order valence-corrected chi connectivity index (χ1v) is 8.18. The Bertz CT molecular complexity index is 764. The molecular weight excluding hydrogens is 324 g/mol. The molecule has 0 unspecified atom stereocenters. The number of aromatic nitrogens is 2. The van der Waals surface area contributed by atoms with Crippen LogP contribution in [0.15, 0.2) is 41.5 Å². The van der Waals surface area contributed by atoms with Crippen LogP contribution in [-0.2, 0) is 4.74 Å². The van der Waals surface area contributed by atoms with E-state index >= 15 is 0 Å². The van der Waals surface area contributed by atoms with Crippen LogP contribution >= 0.6 is 0 Å². The fourth-order valence-corrected chi connectivity index (χ4v) is 3.45. The van der Waals surface area contributed by atoms with Crippen LogP contribution in [0.3, 0.4) is 0 Å². The fraction of sp³-hybridized carbons (Fsp3) is 0.412. The molecular formula is C17H18N4O4. The Morgan fingerprint density at radius 1 is 1.04 bits per heavy atom. The maximum absolute atomic E-state index is 12.6. The van der Waals surface area contributed by atoms with Crippen molar-refractivity contribution in [2.75, 3.05) is 32.8 Å². The lowest BCUT2D eigenvalue weighted by Crippen LogP contribution is -2.55. The summed E-state index contributed by atoms with van der Waals surface area (Å²) in [6.45, 7) is 2.52. The van der Waals surface area contributed by atoms with Gasteiger partial charge in [-0.25, -0.2) is 0 Å². The highest BCUT2D eigenvalue weighted by atomic mass is 16.5.